The van der Waals surface area contributed by atoms with E-state index in [2.05, 4.69) is 20.8 Å². The summed E-state index contributed by atoms with van der Waals surface area (Å²) in [6.45, 7) is 6.78. The van der Waals surface area contributed by atoms with Gasteiger partial charge in [0.2, 0.25) is 0 Å². The Labute approximate surface area is 123 Å². The molecule has 0 aliphatic heterocycles. The number of ether oxygens (including phenoxy) is 1. The van der Waals surface area contributed by atoms with Gasteiger partial charge in [-0.15, -0.1) is 0 Å². The van der Waals surface area contributed by atoms with E-state index < -0.39 is 11.7 Å². The zero-order valence-corrected chi connectivity index (χ0v) is 12.7. The summed E-state index contributed by atoms with van der Waals surface area (Å²) in [6, 6.07) is 5.07. The van der Waals surface area contributed by atoms with Crippen LogP contribution in [0.1, 0.15) is 45.6 Å². The predicted molar refractivity (Wildman–Crippen MR) is 77.3 cm³/mol. The van der Waals surface area contributed by atoms with Crippen molar-refractivity contribution in [2.45, 2.75) is 46.2 Å². The van der Waals surface area contributed by atoms with E-state index in [0.717, 1.165) is 31.4 Å². The maximum Gasteiger partial charge on any atom is 0.416 e. The van der Waals surface area contributed by atoms with Crippen molar-refractivity contribution in [3.05, 3.63) is 41.0 Å². The van der Waals surface area contributed by atoms with Crippen molar-refractivity contribution in [1.29, 1.82) is 0 Å². The van der Waals surface area contributed by atoms with Gasteiger partial charge in [0.15, 0.2) is 0 Å². The Hall–Kier alpha value is -1.45. The van der Waals surface area contributed by atoms with Crippen LogP contribution in [0.15, 0.2) is 35.4 Å². The van der Waals surface area contributed by atoms with Crippen molar-refractivity contribution < 1.29 is 17.9 Å². The fourth-order valence-corrected chi connectivity index (χ4v) is 2.91. The Balaban J connectivity index is 2.13. The highest BCUT2D eigenvalue weighted by atomic mass is 19.4. The highest BCUT2D eigenvalue weighted by Gasteiger charge is 2.31. The van der Waals surface area contributed by atoms with Crippen molar-refractivity contribution in [2.24, 2.45) is 5.41 Å². The first-order valence-electron chi connectivity index (χ1n) is 7.19. The molecule has 1 aromatic carbocycles. The Morgan fingerprint density at radius 3 is 2.57 bits per heavy atom. The molecule has 0 heterocycles. The second-order valence-electron chi connectivity index (χ2n) is 6.31. The highest BCUT2D eigenvalue weighted by molar-refractivity contribution is 5.31. The molecule has 0 unspecified atom stereocenters. The van der Waals surface area contributed by atoms with Crippen LogP contribution in [0.3, 0.4) is 0 Å². The van der Waals surface area contributed by atoms with Gasteiger partial charge < -0.3 is 4.74 Å². The summed E-state index contributed by atoms with van der Waals surface area (Å²) in [6.07, 6.45) is -1.04. The number of hydrogen-bond donors (Lipinski definition) is 0. The molecule has 1 nitrogen and oxygen atoms in total. The lowest BCUT2D eigenvalue weighted by atomic mass is 9.73. The van der Waals surface area contributed by atoms with Crippen molar-refractivity contribution in [1.82, 2.24) is 0 Å². The first kappa shape index (κ1) is 15.9. The lowest BCUT2D eigenvalue weighted by molar-refractivity contribution is -0.137. The van der Waals surface area contributed by atoms with Gasteiger partial charge in [-0.3, -0.25) is 0 Å². The number of rotatable bonds is 3. The lowest BCUT2D eigenvalue weighted by Gasteiger charge is -2.34. The minimum absolute atomic E-state index is 0.0595. The molecule has 0 atom stereocenters. The maximum absolute atomic E-state index is 12.7. The van der Waals surface area contributed by atoms with Crippen molar-refractivity contribution >= 4 is 0 Å². The number of hydrogen-bond acceptors (Lipinski definition) is 1. The van der Waals surface area contributed by atoms with E-state index in [0.29, 0.717) is 6.61 Å². The van der Waals surface area contributed by atoms with E-state index in [1.54, 1.807) is 6.07 Å². The third kappa shape index (κ3) is 3.80. The average molecular weight is 298 g/mol. The van der Waals surface area contributed by atoms with Gasteiger partial charge in [0.1, 0.15) is 12.4 Å². The van der Waals surface area contributed by atoms with E-state index in [9.17, 15) is 13.2 Å². The molecule has 21 heavy (non-hydrogen) atoms. The number of alkyl halides is 3. The van der Waals surface area contributed by atoms with Crippen molar-refractivity contribution in [3.63, 3.8) is 0 Å². The van der Waals surface area contributed by atoms with Crippen molar-refractivity contribution in [2.75, 3.05) is 6.61 Å². The maximum atomic E-state index is 12.7. The van der Waals surface area contributed by atoms with Gasteiger partial charge >= 0.3 is 6.18 Å². The van der Waals surface area contributed by atoms with Gasteiger partial charge in [-0.2, -0.15) is 13.2 Å². The van der Waals surface area contributed by atoms with Crippen LogP contribution in [0.4, 0.5) is 13.2 Å². The lowest BCUT2D eigenvalue weighted by Crippen LogP contribution is -2.24. The number of allylic oxidation sites excluding steroid dienone is 1. The summed E-state index contributed by atoms with van der Waals surface area (Å²) >= 11 is 0. The second kappa shape index (κ2) is 5.74. The molecule has 1 aliphatic carbocycles. The Kier molecular flexibility index (Phi) is 4.35. The van der Waals surface area contributed by atoms with Crippen LogP contribution in [0.5, 0.6) is 5.75 Å². The topological polar surface area (TPSA) is 9.23 Å². The van der Waals surface area contributed by atoms with Crippen LogP contribution in [0.2, 0.25) is 0 Å². The average Bonchev–Trinajstić information content (AvgIpc) is 2.36. The molecule has 0 radical (unpaired) electrons. The smallest absolute Gasteiger partial charge is 0.416 e. The molecule has 116 valence electrons. The molecule has 1 aromatic rings. The molecule has 0 bridgehead atoms. The first-order chi connectivity index (χ1) is 9.70. The molecule has 1 aliphatic rings. The predicted octanol–water partition coefficient (Wildman–Crippen LogP) is 5.61. The quantitative estimate of drug-likeness (QED) is 0.659. The Morgan fingerprint density at radius 1 is 1.24 bits per heavy atom. The van der Waals surface area contributed by atoms with E-state index in [-0.39, 0.29) is 11.2 Å². The molecule has 0 aromatic heterocycles. The van der Waals surface area contributed by atoms with Gasteiger partial charge in [-0.05, 0) is 55.4 Å². The Morgan fingerprint density at radius 2 is 1.95 bits per heavy atom. The monoisotopic (exact) mass is 298 g/mol. The highest BCUT2D eigenvalue weighted by Crippen LogP contribution is 2.40. The van der Waals surface area contributed by atoms with Gasteiger partial charge in [-0.1, -0.05) is 25.5 Å². The summed E-state index contributed by atoms with van der Waals surface area (Å²) < 4.78 is 43.7. The van der Waals surface area contributed by atoms with Crippen LogP contribution in [0.25, 0.3) is 0 Å². The molecular formula is C17H21F3O. The summed E-state index contributed by atoms with van der Waals surface area (Å²) in [4.78, 5) is 0. The fourth-order valence-electron chi connectivity index (χ4n) is 2.91. The molecule has 0 N–H and O–H groups in total. The fraction of sp³-hybridized carbons (Fsp3) is 0.529. The zero-order valence-electron chi connectivity index (χ0n) is 12.7. The molecule has 0 spiro atoms. The van der Waals surface area contributed by atoms with Crippen molar-refractivity contribution in [3.8, 4) is 5.75 Å². The van der Waals surface area contributed by atoms with E-state index in [1.807, 2.05) is 0 Å². The minimum Gasteiger partial charge on any atom is -0.489 e. The molecule has 0 saturated carbocycles. The number of halogens is 3. The van der Waals surface area contributed by atoms with Crippen LogP contribution in [-0.2, 0) is 6.18 Å². The molecular weight excluding hydrogens is 277 g/mol. The zero-order chi connectivity index (χ0) is 15.7. The van der Waals surface area contributed by atoms with Gasteiger partial charge in [-0.25, -0.2) is 0 Å². The molecule has 0 fully saturated rings. The third-order valence-corrected chi connectivity index (χ3v) is 4.23. The minimum atomic E-state index is -4.33. The number of benzene rings is 1. The van der Waals surface area contributed by atoms with Gasteiger partial charge in [0.05, 0.1) is 5.56 Å². The summed E-state index contributed by atoms with van der Waals surface area (Å²) in [5, 5.41) is 0. The SMILES string of the molecule is CC1=C(COc2cccc(C(F)(F)F)c2)C(C)(C)CCC1. The summed E-state index contributed by atoms with van der Waals surface area (Å²) in [5.74, 6) is 0.270. The van der Waals surface area contributed by atoms with Crippen LogP contribution in [0, 0.1) is 5.41 Å². The largest absolute Gasteiger partial charge is 0.489 e. The van der Waals surface area contributed by atoms with E-state index in [1.165, 1.54) is 17.2 Å². The Bertz CT molecular complexity index is 541. The second-order valence-corrected chi connectivity index (χ2v) is 6.31. The standard InChI is InChI=1S/C17H21F3O/c1-12-6-5-9-16(2,3)15(12)11-21-14-8-4-7-13(10-14)17(18,19)20/h4,7-8,10H,5-6,9,11H2,1-3H3. The van der Waals surface area contributed by atoms with E-state index in [4.69, 9.17) is 4.74 Å². The molecule has 4 heteroatoms. The summed E-state index contributed by atoms with van der Waals surface area (Å²) in [7, 11) is 0. The third-order valence-electron chi connectivity index (χ3n) is 4.23. The molecule has 0 saturated heterocycles. The van der Waals surface area contributed by atoms with Crippen LogP contribution >= 0.6 is 0 Å². The molecule has 2 rings (SSSR count). The van der Waals surface area contributed by atoms with E-state index >= 15 is 0 Å². The summed E-state index contributed by atoms with van der Waals surface area (Å²) in [5.41, 5.74) is 1.90. The normalized spacial score (nSPS) is 18.8. The van der Waals surface area contributed by atoms with Gasteiger partial charge in [0, 0.05) is 0 Å². The van der Waals surface area contributed by atoms with Gasteiger partial charge in [0.25, 0.3) is 0 Å². The molecule has 0 amide bonds. The van der Waals surface area contributed by atoms with Crippen LogP contribution in [-0.4, -0.2) is 6.61 Å². The van der Waals surface area contributed by atoms with Crippen LogP contribution < -0.4 is 4.74 Å². The first-order valence-corrected chi connectivity index (χ1v) is 7.19.